The molecule has 0 saturated heterocycles. The predicted octanol–water partition coefficient (Wildman–Crippen LogP) is 3.15. The van der Waals surface area contributed by atoms with E-state index in [0.29, 0.717) is 47.0 Å². The molecule has 8 nitrogen and oxygen atoms in total. The van der Waals surface area contributed by atoms with Crippen molar-refractivity contribution in [2.45, 2.75) is 26.2 Å². The van der Waals surface area contributed by atoms with Crippen LogP contribution in [0.25, 0.3) is 11.3 Å². The van der Waals surface area contributed by atoms with Gasteiger partial charge in [0.2, 0.25) is 0 Å². The number of aryl methyl sites for hydroxylation is 1. The second-order valence-corrected chi connectivity index (χ2v) is 6.28. The number of rotatable bonds is 12. The van der Waals surface area contributed by atoms with Crippen LogP contribution in [0.15, 0.2) is 28.7 Å². The molecule has 0 N–H and O–H groups in total. The van der Waals surface area contributed by atoms with Gasteiger partial charge in [0.25, 0.3) is 0 Å². The Morgan fingerprint density at radius 3 is 2.38 bits per heavy atom. The lowest BCUT2D eigenvalue weighted by molar-refractivity contribution is -0.139. The van der Waals surface area contributed by atoms with Gasteiger partial charge in [-0.2, -0.15) is 0 Å². The number of methoxy groups -OCH3 is 3. The van der Waals surface area contributed by atoms with Gasteiger partial charge in [-0.25, -0.2) is 0 Å². The van der Waals surface area contributed by atoms with Crippen molar-refractivity contribution in [3.05, 3.63) is 35.6 Å². The molecular formula is C21H26O8. The average molecular weight is 406 g/mol. The van der Waals surface area contributed by atoms with E-state index in [0.717, 1.165) is 0 Å². The van der Waals surface area contributed by atoms with Crippen molar-refractivity contribution in [1.29, 1.82) is 0 Å². The van der Waals surface area contributed by atoms with Crippen molar-refractivity contribution in [2.75, 3.05) is 34.9 Å². The van der Waals surface area contributed by atoms with Gasteiger partial charge in [0, 0.05) is 33.1 Å². The number of carbonyl (C=O) groups excluding carboxylic acids is 2. The van der Waals surface area contributed by atoms with Gasteiger partial charge < -0.3 is 32.9 Å². The number of ketones is 1. The van der Waals surface area contributed by atoms with Gasteiger partial charge in [0.15, 0.2) is 13.6 Å². The lowest BCUT2D eigenvalue weighted by atomic mass is 10.0. The van der Waals surface area contributed by atoms with Crippen LogP contribution in [0.5, 0.6) is 11.5 Å². The Kier molecular flexibility index (Phi) is 8.69. The number of benzene rings is 1. The summed E-state index contributed by atoms with van der Waals surface area (Å²) in [6.07, 6.45) is 0.868. The molecule has 1 aromatic heterocycles. The smallest absolute Gasteiger partial charge is 0.310 e. The van der Waals surface area contributed by atoms with Crippen LogP contribution < -0.4 is 9.47 Å². The molecule has 0 saturated carbocycles. The highest BCUT2D eigenvalue weighted by Gasteiger charge is 2.21. The largest absolute Gasteiger partial charge is 0.469 e. The van der Waals surface area contributed by atoms with Gasteiger partial charge >= 0.3 is 5.97 Å². The highest BCUT2D eigenvalue weighted by atomic mass is 16.7. The summed E-state index contributed by atoms with van der Waals surface area (Å²) >= 11 is 0. The van der Waals surface area contributed by atoms with Crippen LogP contribution in [0.1, 0.15) is 24.7 Å². The topological polar surface area (TPSA) is 93.4 Å². The molecule has 0 bridgehead atoms. The van der Waals surface area contributed by atoms with Crippen LogP contribution in [0, 0.1) is 0 Å². The third-order valence-electron chi connectivity index (χ3n) is 4.03. The fourth-order valence-corrected chi connectivity index (χ4v) is 2.68. The van der Waals surface area contributed by atoms with Crippen LogP contribution in [0.4, 0.5) is 0 Å². The molecule has 1 aromatic carbocycles. The van der Waals surface area contributed by atoms with E-state index in [1.165, 1.54) is 28.3 Å². The molecule has 2 rings (SSSR count). The number of furan rings is 1. The van der Waals surface area contributed by atoms with Gasteiger partial charge in [-0.1, -0.05) is 0 Å². The number of hydrogen-bond donors (Lipinski definition) is 0. The van der Waals surface area contributed by atoms with E-state index in [1.807, 2.05) is 0 Å². The first-order chi connectivity index (χ1) is 14.0. The van der Waals surface area contributed by atoms with Crippen molar-refractivity contribution >= 4 is 11.8 Å². The van der Waals surface area contributed by atoms with E-state index in [-0.39, 0.29) is 25.8 Å². The molecule has 0 unspecified atom stereocenters. The van der Waals surface area contributed by atoms with Gasteiger partial charge in [0.05, 0.1) is 19.1 Å². The third-order valence-corrected chi connectivity index (χ3v) is 4.03. The zero-order valence-electron chi connectivity index (χ0n) is 17.1. The summed E-state index contributed by atoms with van der Waals surface area (Å²) in [6.45, 7) is 1.57. The maximum absolute atomic E-state index is 12.0. The molecule has 0 aliphatic rings. The lowest BCUT2D eigenvalue weighted by Gasteiger charge is -2.16. The zero-order valence-corrected chi connectivity index (χ0v) is 17.1. The molecule has 158 valence electrons. The molecule has 0 amide bonds. The van der Waals surface area contributed by atoms with Crippen LogP contribution in [-0.2, 0) is 36.6 Å². The number of ether oxygens (including phenoxy) is 5. The first-order valence-corrected chi connectivity index (χ1v) is 9.04. The van der Waals surface area contributed by atoms with Crippen molar-refractivity contribution in [3.63, 3.8) is 0 Å². The highest BCUT2D eigenvalue weighted by Crippen LogP contribution is 2.39. The molecule has 0 spiro atoms. The average Bonchev–Trinajstić information content (AvgIpc) is 3.17. The summed E-state index contributed by atoms with van der Waals surface area (Å²) in [7, 11) is 4.34. The molecule has 1 heterocycles. The standard InChI is InChI=1S/C21H26O8/c1-14(22)5-6-16-7-8-18(29-16)21-15(10-20(23)26-4)9-17(27-12-24-2)11-19(21)28-13-25-3/h7-9,11H,5-6,10,12-13H2,1-4H3. The minimum absolute atomic E-state index is 0.00367. The molecule has 0 radical (unpaired) electrons. The molecule has 2 aromatic rings. The summed E-state index contributed by atoms with van der Waals surface area (Å²) in [5.74, 6) is 1.72. The quantitative estimate of drug-likeness (QED) is 0.392. The Labute approximate surface area is 169 Å². The Morgan fingerprint density at radius 1 is 1.00 bits per heavy atom. The normalized spacial score (nSPS) is 10.6. The lowest BCUT2D eigenvalue weighted by Crippen LogP contribution is -2.09. The summed E-state index contributed by atoms with van der Waals surface area (Å²) in [5.41, 5.74) is 1.19. The third kappa shape index (κ3) is 6.62. The van der Waals surface area contributed by atoms with Gasteiger partial charge in [-0.3, -0.25) is 4.79 Å². The number of Topliss-reactive ketones (excluding diaryl/α,β-unsaturated/α-hetero) is 1. The van der Waals surface area contributed by atoms with E-state index in [1.54, 1.807) is 24.3 Å². The molecule has 29 heavy (non-hydrogen) atoms. The first kappa shape index (κ1) is 22.4. The fourth-order valence-electron chi connectivity index (χ4n) is 2.68. The molecule has 8 heteroatoms. The molecular weight excluding hydrogens is 380 g/mol. The molecule has 0 aliphatic carbocycles. The van der Waals surface area contributed by atoms with Crippen LogP contribution in [-0.4, -0.2) is 46.7 Å². The maximum atomic E-state index is 12.0. The van der Waals surface area contributed by atoms with Crippen molar-refractivity contribution < 1.29 is 37.7 Å². The van der Waals surface area contributed by atoms with Crippen molar-refractivity contribution in [3.8, 4) is 22.8 Å². The summed E-state index contributed by atoms with van der Waals surface area (Å²) < 4.78 is 32.0. The van der Waals surface area contributed by atoms with E-state index >= 15 is 0 Å². The molecule has 0 fully saturated rings. The van der Waals surface area contributed by atoms with Crippen LogP contribution in [0.2, 0.25) is 0 Å². The van der Waals surface area contributed by atoms with E-state index in [4.69, 9.17) is 28.1 Å². The Balaban J connectivity index is 2.49. The summed E-state index contributed by atoms with van der Waals surface area (Å²) in [5, 5.41) is 0. The fraction of sp³-hybridized carbons (Fsp3) is 0.429. The van der Waals surface area contributed by atoms with E-state index in [9.17, 15) is 9.59 Å². The molecule has 0 atom stereocenters. The maximum Gasteiger partial charge on any atom is 0.310 e. The zero-order chi connectivity index (χ0) is 21.2. The van der Waals surface area contributed by atoms with Crippen molar-refractivity contribution in [1.82, 2.24) is 0 Å². The second-order valence-electron chi connectivity index (χ2n) is 6.28. The van der Waals surface area contributed by atoms with E-state index < -0.39 is 5.97 Å². The molecule has 0 aliphatic heterocycles. The Hall–Kier alpha value is -2.84. The van der Waals surface area contributed by atoms with Gasteiger partial charge in [-0.05, 0) is 30.7 Å². The number of hydrogen-bond acceptors (Lipinski definition) is 8. The first-order valence-electron chi connectivity index (χ1n) is 9.04. The van der Waals surface area contributed by atoms with E-state index in [2.05, 4.69) is 0 Å². The number of carbonyl (C=O) groups is 2. The van der Waals surface area contributed by atoms with Crippen LogP contribution in [0.3, 0.4) is 0 Å². The minimum atomic E-state index is -0.420. The minimum Gasteiger partial charge on any atom is -0.469 e. The van der Waals surface area contributed by atoms with Crippen LogP contribution >= 0.6 is 0 Å². The van der Waals surface area contributed by atoms with Gasteiger partial charge in [0.1, 0.15) is 28.8 Å². The highest BCUT2D eigenvalue weighted by molar-refractivity contribution is 5.80. The summed E-state index contributed by atoms with van der Waals surface area (Å²) in [4.78, 5) is 23.2. The Bertz CT molecular complexity index is 824. The SMILES string of the molecule is COCOc1cc(CC(=O)OC)c(-c2ccc(CCC(C)=O)o2)c(OCOC)c1. The number of esters is 1. The predicted molar refractivity (Wildman–Crippen MR) is 104 cm³/mol. The Morgan fingerprint density at radius 2 is 1.72 bits per heavy atom. The van der Waals surface area contributed by atoms with Crippen molar-refractivity contribution in [2.24, 2.45) is 0 Å². The summed E-state index contributed by atoms with van der Waals surface area (Å²) in [6, 6.07) is 6.96. The monoisotopic (exact) mass is 406 g/mol. The second kappa shape index (κ2) is 11.2. The van der Waals surface area contributed by atoms with Gasteiger partial charge in [-0.15, -0.1) is 0 Å².